The van der Waals surface area contributed by atoms with E-state index in [9.17, 15) is 9.59 Å². The van der Waals surface area contributed by atoms with Crippen LogP contribution in [-0.2, 0) is 20.9 Å². The van der Waals surface area contributed by atoms with Crippen LogP contribution in [-0.4, -0.2) is 67.6 Å². The zero-order valence-corrected chi connectivity index (χ0v) is 14.9. The van der Waals surface area contributed by atoms with Crippen molar-refractivity contribution in [2.75, 3.05) is 39.8 Å². The van der Waals surface area contributed by atoms with Crippen molar-refractivity contribution in [1.29, 1.82) is 0 Å². The monoisotopic (exact) mass is 349 g/mol. The summed E-state index contributed by atoms with van der Waals surface area (Å²) < 4.78 is 10.9. The van der Waals surface area contributed by atoms with E-state index < -0.39 is 6.10 Å². The lowest BCUT2D eigenvalue weighted by Gasteiger charge is -2.24. The molecule has 7 nitrogen and oxygen atoms in total. The van der Waals surface area contributed by atoms with Crippen molar-refractivity contribution in [2.24, 2.45) is 5.73 Å². The van der Waals surface area contributed by atoms with E-state index in [1.165, 1.54) is 0 Å². The van der Waals surface area contributed by atoms with Crippen LogP contribution in [0.25, 0.3) is 0 Å². The highest BCUT2D eigenvalue weighted by Crippen LogP contribution is 2.14. The number of hydrogen-bond donors (Lipinski definition) is 1. The van der Waals surface area contributed by atoms with E-state index in [4.69, 9.17) is 15.2 Å². The lowest BCUT2D eigenvalue weighted by Crippen LogP contribution is -2.42. The molecule has 2 amide bonds. The van der Waals surface area contributed by atoms with Gasteiger partial charge < -0.3 is 20.1 Å². The number of carbonyl (C=O) groups is 2. The summed E-state index contributed by atoms with van der Waals surface area (Å²) in [5.41, 5.74) is 6.20. The number of ether oxygens (including phenoxy) is 2. The average Bonchev–Trinajstić information content (AvgIpc) is 2.84. The quantitative estimate of drug-likeness (QED) is 0.780. The third kappa shape index (κ3) is 6.03. The number of primary amides is 1. The molecule has 1 aromatic carbocycles. The molecule has 2 N–H and O–H groups in total. The summed E-state index contributed by atoms with van der Waals surface area (Å²) in [5, 5.41) is 0. The number of nitrogens with zero attached hydrogens (tertiary/aromatic N) is 2. The van der Waals surface area contributed by atoms with Crippen molar-refractivity contribution >= 4 is 11.8 Å². The van der Waals surface area contributed by atoms with Crippen LogP contribution in [0.15, 0.2) is 24.3 Å². The standard InChI is InChI=1S/C18H27N3O4/c1-14(25-13-15-5-3-6-16(11-15)24-2)18(23)21-8-4-7-20(9-10-21)12-17(19)22/h3,5-6,11,14H,4,7-10,12-13H2,1-2H3,(H2,19,22)/t14-/m0/s1. The minimum absolute atomic E-state index is 0.0242. The molecule has 1 atom stereocenters. The molecule has 1 fully saturated rings. The number of amides is 2. The molecule has 0 unspecified atom stereocenters. The molecular formula is C18H27N3O4. The summed E-state index contributed by atoms with van der Waals surface area (Å²) in [6, 6.07) is 7.59. The molecule has 25 heavy (non-hydrogen) atoms. The van der Waals surface area contributed by atoms with Crippen molar-refractivity contribution in [2.45, 2.75) is 26.1 Å². The highest BCUT2D eigenvalue weighted by Gasteiger charge is 2.24. The molecular weight excluding hydrogens is 322 g/mol. The number of methoxy groups -OCH3 is 1. The Hall–Kier alpha value is -2.12. The first-order chi connectivity index (χ1) is 12.0. The Morgan fingerprint density at radius 2 is 2.04 bits per heavy atom. The second-order valence-corrected chi connectivity index (χ2v) is 6.23. The van der Waals surface area contributed by atoms with Crippen LogP contribution in [0.1, 0.15) is 18.9 Å². The summed E-state index contributed by atoms with van der Waals surface area (Å²) in [5.74, 6) is 0.403. The molecule has 0 aromatic heterocycles. The van der Waals surface area contributed by atoms with Crippen molar-refractivity contribution < 1.29 is 19.1 Å². The number of hydrogen-bond acceptors (Lipinski definition) is 5. The Balaban J connectivity index is 1.83. The van der Waals surface area contributed by atoms with Crippen molar-refractivity contribution in [3.63, 3.8) is 0 Å². The van der Waals surface area contributed by atoms with Gasteiger partial charge in [-0.3, -0.25) is 14.5 Å². The first-order valence-electron chi connectivity index (χ1n) is 8.53. The molecule has 1 aliphatic rings. The fraction of sp³-hybridized carbons (Fsp3) is 0.556. The molecule has 0 radical (unpaired) electrons. The topological polar surface area (TPSA) is 85.1 Å². The van der Waals surface area contributed by atoms with Gasteiger partial charge in [0.2, 0.25) is 5.91 Å². The predicted octanol–water partition coefficient (Wildman–Crippen LogP) is 0.620. The van der Waals surface area contributed by atoms with E-state index in [2.05, 4.69) is 0 Å². The van der Waals surface area contributed by atoms with E-state index in [0.717, 1.165) is 24.3 Å². The van der Waals surface area contributed by atoms with Gasteiger partial charge in [0.05, 0.1) is 20.3 Å². The zero-order valence-electron chi connectivity index (χ0n) is 14.9. The summed E-state index contributed by atoms with van der Waals surface area (Å²) in [6.45, 7) is 5.03. The van der Waals surface area contributed by atoms with Crippen LogP contribution in [0.3, 0.4) is 0 Å². The second-order valence-electron chi connectivity index (χ2n) is 6.23. The van der Waals surface area contributed by atoms with Crippen molar-refractivity contribution in [1.82, 2.24) is 9.80 Å². The Morgan fingerprint density at radius 3 is 2.76 bits per heavy atom. The van der Waals surface area contributed by atoms with Gasteiger partial charge in [-0.2, -0.15) is 0 Å². The highest BCUT2D eigenvalue weighted by atomic mass is 16.5. The van der Waals surface area contributed by atoms with Gasteiger partial charge in [0.1, 0.15) is 11.9 Å². The zero-order chi connectivity index (χ0) is 18.2. The fourth-order valence-corrected chi connectivity index (χ4v) is 2.88. The van der Waals surface area contributed by atoms with Crippen molar-refractivity contribution in [3.05, 3.63) is 29.8 Å². The number of rotatable bonds is 7. The molecule has 1 aliphatic heterocycles. The van der Waals surface area contributed by atoms with Gasteiger partial charge in [0, 0.05) is 26.2 Å². The molecule has 1 aromatic rings. The lowest BCUT2D eigenvalue weighted by atomic mass is 10.2. The van der Waals surface area contributed by atoms with E-state index in [0.29, 0.717) is 26.2 Å². The van der Waals surface area contributed by atoms with E-state index in [1.807, 2.05) is 29.2 Å². The molecule has 1 saturated heterocycles. The largest absolute Gasteiger partial charge is 0.497 e. The molecule has 138 valence electrons. The third-order valence-electron chi connectivity index (χ3n) is 4.26. The molecule has 7 heteroatoms. The van der Waals surface area contributed by atoms with Gasteiger partial charge in [-0.1, -0.05) is 12.1 Å². The maximum atomic E-state index is 12.6. The highest BCUT2D eigenvalue weighted by molar-refractivity contribution is 5.80. The SMILES string of the molecule is COc1cccc(CO[C@@H](C)C(=O)N2CCCN(CC(N)=O)CC2)c1. The second kappa shape index (κ2) is 9.39. The number of carbonyl (C=O) groups excluding carboxylic acids is 2. The maximum absolute atomic E-state index is 12.6. The summed E-state index contributed by atoms with van der Waals surface area (Å²) in [7, 11) is 1.62. The Morgan fingerprint density at radius 1 is 1.24 bits per heavy atom. The van der Waals surface area contributed by atoms with E-state index in [-0.39, 0.29) is 18.4 Å². The smallest absolute Gasteiger partial charge is 0.251 e. The lowest BCUT2D eigenvalue weighted by molar-refractivity contribution is -0.143. The van der Waals surface area contributed by atoms with Crippen LogP contribution >= 0.6 is 0 Å². The molecule has 0 bridgehead atoms. The van der Waals surface area contributed by atoms with Gasteiger partial charge in [-0.05, 0) is 31.0 Å². The minimum atomic E-state index is -0.520. The summed E-state index contributed by atoms with van der Waals surface area (Å²) >= 11 is 0. The molecule has 0 aliphatic carbocycles. The van der Waals surface area contributed by atoms with Crippen LogP contribution in [0, 0.1) is 0 Å². The first-order valence-corrected chi connectivity index (χ1v) is 8.53. The molecule has 0 spiro atoms. The Bertz CT molecular complexity index is 593. The maximum Gasteiger partial charge on any atom is 0.251 e. The molecule has 2 rings (SSSR count). The van der Waals surface area contributed by atoms with Gasteiger partial charge in [-0.15, -0.1) is 0 Å². The van der Waals surface area contributed by atoms with Crippen LogP contribution in [0.2, 0.25) is 0 Å². The Labute approximate surface area is 148 Å². The average molecular weight is 349 g/mol. The van der Waals surface area contributed by atoms with Crippen LogP contribution in [0.4, 0.5) is 0 Å². The van der Waals surface area contributed by atoms with Crippen LogP contribution < -0.4 is 10.5 Å². The van der Waals surface area contributed by atoms with E-state index in [1.54, 1.807) is 18.9 Å². The molecule has 0 saturated carbocycles. The number of nitrogens with two attached hydrogens (primary N) is 1. The van der Waals surface area contributed by atoms with Gasteiger partial charge in [0.25, 0.3) is 5.91 Å². The Kier molecular flexibility index (Phi) is 7.21. The predicted molar refractivity (Wildman–Crippen MR) is 94.1 cm³/mol. The first kappa shape index (κ1) is 19.2. The van der Waals surface area contributed by atoms with Gasteiger partial charge in [0.15, 0.2) is 0 Å². The number of benzene rings is 1. The normalized spacial score (nSPS) is 17.0. The van der Waals surface area contributed by atoms with Crippen molar-refractivity contribution in [3.8, 4) is 5.75 Å². The summed E-state index contributed by atoms with van der Waals surface area (Å²) in [4.78, 5) is 27.4. The molecule has 1 heterocycles. The van der Waals surface area contributed by atoms with Crippen LogP contribution in [0.5, 0.6) is 5.75 Å². The third-order valence-corrected chi connectivity index (χ3v) is 4.26. The summed E-state index contributed by atoms with van der Waals surface area (Å²) in [6.07, 6.45) is 0.302. The minimum Gasteiger partial charge on any atom is -0.497 e. The van der Waals surface area contributed by atoms with Gasteiger partial charge >= 0.3 is 0 Å². The van der Waals surface area contributed by atoms with Gasteiger partial charge in [-0.25, -0.2) is 0 Å². The fourth-order valence-electron chi connectivity index (χ4n) is 2.88. The van der Waals surface area contributed by atoms with E-state index >= 15 is 0 Å².